The summed E-state index contributed by atoms with van der Waals surface area (Å²) in [6.45, 7) is 12.3. The lowest BCUT2D eigenvalue weighted by Gasteiger charge is -2.45. The van der Waals surface area contributed by atoms with E-state index in [4.69, 9.17) is 0 Å². The van der Waals surface area contributed by atoms with Gasteiger partial charge in [0.25, 0.3) is 0 Å². The molecule has 2 unspecified atom stereocenters. The Bertz CT molecular complexity index is 712. The first-order chi connectivity index (χ1) is 10.8. The molecule has 23 heavy (non-hydrogen) atoms. The fourth-order valence-electron chi connectivity index (χ4n) is 5.89. The van der Waals surface area contributed by atoms with E-state index in [2.05, 4.69) is 65.0 Å². The third-order valence-electron chi connectivity index (χ3n) is 6.38. The predicted molar refractivity (Wildman–Crippen MR) is 99.8 cm³/mol. The minimum Gasteiger partial charge on any atom is -0.0839 e. The van der Waals surface area contributed by atoms with Crippen LogP contribution in [0.15, 0.2) is 30.4 Å². The number of rotatable bonds is 0. The Morgan fingerprint density at radius 3 is 2.65 bits per heavy atom. The number of benzene rings is 1. The van der Waals surface area contributed by atoms with E-state index in [0.717, 1.165) is 5.92 Å². The standard InChI is InChI=1S/C23H30/c1-15-12-16-8-6-7-9-17(16)18-10-11-20-19(21(15)18)13-22(2,3)14-23(20,4)5/h6-7,9-11,15-16H,8,12-14H2,1-5H3. The van der Waals surface area contributed by atoms with Gasteiger partial charge >= 0.3 is 0 Å². The van der Waals surface area contributed by atoms with Gasteiger partial charge in [0.15, 0.2) is 0 Å². The summed E-state index contributed by atoms with van der Waals surface area (Å²) in [7, 11) is 0. The highest BCUT2D eigenvalue weighted by Gasteiger charge is 2.41. The average molecular weight is 306 g/mol. The molecule has 0 N–H and O–H groups in total. The van der Waals surface area contributed by atoms with Crippen LogP contribution in [0.25, 0.3) is 5.57 Å². The van der Waals surface area contributed by atoms with Crippen molar-refractivity contribution in [1.82, 2.24) is 0 Å². The van der Waals surface area contributed by atoms with Crippen LogP contribution in [-0.2, 0) is 11.8 Å². The van der Waals surface area contributed by atoms with Gasteiger partial charge in [-0.3, -0.25) is 0 Å². The average Bonchev–Trinajstić information content (AvgIpc) is 2.44. The van der Waals surface area contributed by atoms with E-state index < -0.39 is 0 Å². The van der Waals surface area contributed by atoms with E-state index >= 15 is 0 Å². The third kappa shape index (κ3) is 2.33. The van der Waals surface area contributed by atoms with Crippen LogP contribution in [0.4, 0.5) is 0 Å². The maximum Gasteiger partial charge on any atom is -0.00955 e. The predicted octanol–water partition coefficient (Wildman–Crippen LogP) is 6.40. The second kappa shape index (κ2) is 4.85. The molecule has 0 aromatic heterocycles. The van der Waals surface area contributed by atoms with Crippen molar-refractivity contribution in [2.24, 2.45) is 11.3 Å². The minimum atomic E-state index is 0.295. The molecule has 0 bridgehead atoms. The van der Waals surface area contributed by atoms with Crippen molar-refractivity contribution in [2.45, 2.75) is 71.6 Å². The Kier molecular flexibility index (Phi) is 3.21. The Hall–Kier alpha value is -1.30. The second-order valence-electron chi connectivity index (χ2n) is 9.57. The van der Waals surface area contributed by atoms with Crippen molar-refractivity contribution >= 4 is 5.57 Å². The Labute approximate surface area is 141 Å². The Morgan fingerprint density at radius 2 is 1.87 bits per heavy atom. The summed E-state index contributed by atoms with van der Waals surface area (Å²) in [6, 6.07) is 4.90. The van der Waals surface area contributed by atoms with Crippen LogP contribution in [-0.4, -0.2) is 0 Å². The smallest absolute Gasteiger partial charge is 0.00955 e. The quantitative estimate of drug-likeness (QED) is 0.520. The molecule has 1 aromatic carbocycles. The van der Waals surface area contributed by atoms with Gasteiger partial charge in [-0.25, -0.2) is 0 Å². The van der Waals surface area contributed by atoms with E-state index in [1.807, 2.05) is 0 Å². The van der Waals surface area contributed by atoms with Crippen molar-refractivity contribution in [3.8, 4) is 0 Å². The molecule has 122 valence electrons. The molecule has 4 rings (SSSR count). The number of hydrogen-bond acceptors (Lipinski definition) is 0. The lowest BCUT2D eigenvalue weighted by atomic mass is 9.59. The van der Waals surface area contributed by atoms with Crippen molar-refractivity contribution in [2.75, 3.05) is 0 Å². The molecule has 0 nitrogen and oxygen atoms in total. The summed E-state index contributed by atoms with van der Waals surface area (Å²) >= 11 is 0. The second-order valence-corrected chi connectivity index (χ2v) is 9.57. The molecule has 0 amide bonds. The molecule has 3 aliphatic rings. The molecule has 3 aliphatic carbocycles. The summed E-state index contributed by atoms with van der Waals surface area (Å²) in [4.78, 5) is 0. The van der Waals surface area contributed by atoms with E-state index in [1.165, 1.54) is 25.7 Å². The van der Waals surface area contributed by atoms with Gasteiger partial charge in [0.05, 0.1) is 0 Å². The normalized spacial score (nSPS) is 30.0. The van der Waals surface area contributed by atoms with Gasteiger partial charge in [0, 0.05) is 0 Å². The van der Waals surface area contributed by atoms with Crippen LogP contribution < -0.4 is 0 Å². The van der Waals surface area contributed by atoms with E-state index in [9.17, 15) is 0 Å². The Balaban J connectivity index is 1.96. The van der Waals surface area contributed by atoms with Crippen molar-refractivity contribution in [1.29, 1.82) is 0 Å². The van der Waals surface area contributed by atoms with Gasteiger partial charge in [-0.1, -0.05) is 65.0 Å². The first kappa shape index (κ1) is 15.2. The van der Waals surface area contributed by atoms with Gasteiger partial charge in [0.2, 0.25) is 0 Å². The van der Waals surface area contributed by atoms with Crippen LogP contribution >= 0.6 is 0 Å². The molecule has 0 saturated carbocycles. The van der Waals surface area contributed by atoms with Crippen LogP contribution in [0, 0.1) is 11.3 Å². The molecule has 0 saturated heterocycles. The van der Waals surface area contributed by atoms with Crippen LogP contribution in [0.3, 0.4) is 0 Å². The lowest BCUT2D eigenvalue weighted by Crippen LogP contribution is -2.36. The van der Waals surface area contributed by atoms with Crippen molar-refractivity contribution < 1.29 is 0 Å². The zero-order chi connectivity index (χ0) is 16.4. The lowest BCUT2D eigenvalue weighted by molar-refractivity contribution is 0.229. The molecule has 1 aromatic rings. The summed E-state index contributed by atoms with van der Waals surface area (Å²) in [5, 5.41) is 0. The first-order valence-electron chi connectivity index (χ1n) is 9.32. The summed E-state index contributed by atoms with van der Waals surface area (Å²) < 4.78 is 0. The molecular formula is C23H30. The maximum absolute atomic E-state index is 2.46. The number of fused-ring (bicyclic) bond motifs is 5. The summed E-state index contributed by atoms with van der Waals surface area (Å²) in [5.74, 6) is 1.43. The number of hydrogen-bond donors (Lipinski definition) is 0. The van der Waals surface area contributed by atoms with Crippen molar-refractivity contribution in [3.05, 3.63) is 52.6 Å². The van der Waals surface area contributed by atoms with E-state index in [-0.39, 0.29) is 0 Å². The van der Waals surface area contributed by atoms with Gasteiger partial charge in [-0.2, -0.15) is 0 Å². The highest BCUT2D eigenvalue weighted by atomic mass is 14.4. The largest absolute Gasteiger partial charge is 0.0839 e. The first-order valence-corrected chi connectivity index (χ1v) is 9.32. The maximum atomic E-state index is 2.46. The summed E-state index contributed by atoms with van der Waals surface area (Å²) in [6.07, 6.45) is 12.1. The van der Waals surface area contributed by atoms with Gasteiger partial charge in [0.1, 0.15) is 0 Å². The molecular weight excluding hydrogens is 276 g/mol. The zero-order valence-corrected chi connectivity index (χ0v) is 15.4. The van der Waals surface area contributed by atoms with Crippen LogP contribution in [0.1, 0.15) is 82.1 Å². The topological polar surface area (TPSA) is 0 Å². The fraction of sp³-hybridized carbons (Fsp3) is 0.565. The van der Waals surface area contributed by atoms with E-state index in [1.54, 1.807) is 27.8 Å². The SMILES string of the molecule is CC1CC2CC=CC=C2c2ccc3c(c21)CC(C)(C)CC3(C)C. The highest BCUT2D eigenvalue weighted by Crippen LogP contribution is 2.52. The minimum absolute atomic E-state index is 0.295. The van der Waals surface area contributed by atoms with E-state index in [0.29, 0.717) is 16.7 Å². The molecule has 0 aliphatic heterocycles. The number of allylic oxidation sites excluding steroid dienone is 4. The van der Waals surface area contributed by atoms with Gasteiger partial charge in [-0.15, -0.1) is 0 Å². The molecule has 0 spiro atoms. The molecule has 0 heteroatoms. The van der Waals surface area contributed by atoms with Crippen molar-refractivity contribution in [3.63, 3.8) is 0 Å². The highest BCUT2D eigenvalue weighted by molar-refractivity contribution is 5.76. The van der Waals surface area contributed by atoms with Crippen LogP contribution in [0.5, 0.6) is 0 Å². The Morgan fingerprint density at radius 1 is 1.09 bits per heavy atom. The third-order valence-corrected chi connectivity index (χ3v) is 6.38. The molecule has 2 atom stereocenters. The monoisotopic (exact) mass is 306 g/mol. The van der Waals surface area contributed by atoms with Crippen LogP contribution in [0.2, 0.25) is 0 Å². The zero-order valence-electron chi connectivity index (χ0n) is 15.4. The molecule has 0 radical (unpaired) electrons. The molecule has 0 heterocycles. The summed E-state index contributed by atoms with van der Waals surface area (Å²) in [5.41, 5.74) is 8.85. The van der Waals surface area contributed by atoms with Gasteiger partial charge < -0.3 is 0 Å². The fourth-order valence-corrected chi connectivity index (χ4v) is 5.89. The molecule has 0 fully saturated rings. The van der Waals surface area contributed by atoms with Gasteiger partial charge in [-0.05, 0) is 76.2 Å².